The molecule has 0 unspecified atom stereocenters. The molecule has 0 aliphatic rings. The molecule has 0 bridgehead atoms. The van der Waals surface area contributed by atoms with Crippen molar-refractivity contribution < 1.29 is 18.7 Å². The van der Waals surface area contributed by atoms with Crippen molar-refractivity contribution in [3.63, 3.8) is 0 Å². The highest BCUT2D eigenvalue weighted by Gasteiger charge is 2.12. The van der Waals surface area contributed by atoms with Gasteiger partial charge in [-0.05, 0) is 24.6 Å². The number of rotatable bonds is 4. The summed E-state index contributed by atoms with van der Waals surface area (Å²) in [5.41, 5.74) is 0.756. The SMILES string of the molecule is COC(=O)CSc1c(C=O)ccc(F)c1C. The molecule has 3 nitrogen and oxygen atoms in total. The smallest absolute Gasteiger partial charge is 0.315 e. The van der Waals surface area contributed by atoms with Crippen LogP contribution in [0.3, 0.4) is 0 Å². The molecule has 0 aliphatic carbocycles. The van der Waals surface area contributed by atoms with Crippen LogP contribution in [0, 0.1) is 12.7 Å². The number of hydrogen-bond donors (Lipinski definition) is 0. The topological polar surface area (TPSA) is 43.4 Å². The molecule has 5 heteroatoms. The van der Waals surface area contributed by atoms with Gasteiger partial charge in [0, 0.05) is 10.5 Å². The molecule has 0 spiro atoms. The number of methoxy groups -OCH3 is 1. The van der Waals surface area contributed by atoms with Crippen molar-refractivity contribution in [2.75, 3.05) is 12.9 Å². The molecule has 1 aromatic carbocycles. The standard InChI is InChI=1S/C11H11FO3S/c1-7-9(12)4-3-8(5-13)11(7)16-6-10(14)15-2/h3-5H,6H2,1-2H3. The monoisotopic (exact) mass is 242 g/mol. The first-order chi connectivity index (χ1) is 7.60. The van der Waals surface area contributed by atoms with Gasteiger partial charge in [0.1, 0.15) is 5.82 Å². The van der Waals surface area contributed by atoms with Crippen LogP contribution in [0.25, 0.3) is 0 Å². The highest BCUT2D eigenvalue weighted by molar-refractivity contribution is 8.00. The Morgan fingerprint density at radius 3 is 2.81 bits per heavy atom. The van der Waals surface area contributed by atoms with E-state index >= 15 is 0 Å². The third-order valence-corrected chi connectivity index (χ3v) is 3.27. The van der Waals surface area contributed by atoms with Crippen molar-refractivity contribution in [1.82, 2.24) is 0 Å². The predicted octanol–water partition coefficient (Wildman–Crippen LogP) is 2.21. The predicted molar refractivity (Wildman–Crippen MR) is 59.3 cm³/mol. The van der Waals surface area contributed by atoms with E-state index in [0.29, 0.717) is 22.3 Å². The first kappa shape index (κ1) is 12.7. The lowest BCUT2D eigenvalue weighted by Crippen LogP contribution is -2.04. The van der Waals surface area contributed by atoms with Gasteiger partial charge < -0.3 is 4.74 Å². The third kappa shape index (κ3) is 2.82. The number of hydrogen-bond acceptors (Lipinski definition) is 4. The molecule has 0 heterocycles. The maximum atomic E-state index is 13.3. The fourth-order valence-electron chi connectivity index (χ4n) is 1.16. The zero-order valence-corrected chi connectivity index (χ0v) is 9.77. The molecular formula is C11H11FO3S. The molecule has 0 aliphatic heterocycles. The third-order valence-electron chi connectivity index (χ3n) is 2.06. The highest BCUT2D eigenvalue weighted by atomic mass is 32.2. The zero-order chi connectivity index (χ0) is 12.1. The second kappa shape index (κ2) is 5.65. The number of carbonyl (C=O) groups excluding carboxylic acids is 2. The number of esters is 1. The summed E-state index contributed by atoms with van der Waals surface area (Å²) in [5.74, 6) is -0.745. The molecule has 1 rings (SSSR count). The lowest BCUT2D eigenvalue weighted by molar-refractivity contribution is -0.137. The molecule has 0 aromatic heterocycles. The number of benzene rings is 1. The zero-order valence-electron chi connectivity index (χ0n) is 8.95. The van der Waals surface area contributed by atoms with E-state index in [2.05, 4.69) is 4.74 Å². The minimum Gasteiger partial charge on any atom is -0.468 e. The van der Waals surface area contributed by atoms with Gasteiger partial charge in [-0.1, -0.05) is 0 Å². The van der Waals surface area contributed by atoms with Gasteiger partial charge in [0.15, 0.2) is 6.29 Å². The summed E-state index contributed by atoms with van der Waals surface area (Å²) < 4.78 is 17.7. The summed E-state index contributed by atoms with van der Waals surface area (Å²) in [6.45, 7) is 1.57. The average Bonchev–Trinajstić information content (AvgIpc) is 2.30. The van der Waals surface area contributed by atoms with Gasteiger partial charge in [-0.15, -0.1) is 11.8 Å². The van der Waals surface area contributed by atoms with Crippen LogP contribution >= 0.6 is 11.8 Å². The van der Waals surface area contributed by atoms with Crippen LogP contribution in [0.4, 0.5) is 4.39 Å². The van der Waals surface area contributed by atoms with E-state index in [1.807, 2.05) is 0 Å². The first-order valence-corrected chi connectivity index (χ1v) is 5.52. The molecule has 0 radical (unpaired) electrons. The minimum atomic E-state index is -0.412. The van der Waals surface area contributed by atoms with Crippen molar-refractivity contribution in [2.45, 2.75) is 11.8 Å². The highest BCUT2D eigenvalue weighted by Crippen LogP contribution is 2.27. The maximum Gasteiger partial charge on any atom is 0.315 e. The number of carbonyl (C=O) groups is 2. The van der Waals surface area contributed by atoms with Gasteiger partial charge in [-0.2, -0.15) is 0 Å². The first-order valence-electron chi connectivity index (χ1n) is 4.54. The maximum absolute atomic E-state index is 13.3. The van der Waals surface area contributed by atoms with Gasteiger partial charge in [-0.25, -0.2) is 4.39 Å². The summed E-state index contributed by atoms with van der Waals surface area (Å²) in [6, 6.07) is 2.64. The van der Waals surface area contributed by atoms with Crippen LogP contribution in [0.5, 0.6) is 0 Å². The van der Waals surface area contributed by atoms with E-state index in [4.69, 9.17) is 0 Å². The number of aldehydes is 1. The second-order valence-corrected chi connectivity index (χ2v) is 4.06. The normalized spacial score (nSPS) is 9.94. The Bertz CT molecular complexity index is 418. The van der Waals surface area contributed by atoms with Crippen molar-refractivity contribution in [3.8, 4) is 0 Å². The van der Waals surface area contributed by atoms with E-state index in [1.54, 1.807) is 6.92 Å². The van der Waals surface area contributed by atoms with E-state index in [9.17, 15) is 14.0 Å². The summed E-state index contributed by atoms with van der Waals surface area (Å²) in [6.07, 6.45) is 0.645. The summed E-state index contributed by atoms with van der Waals surface area (Å²) >= 11 is 1.10. The van der Waals surface area contributed by atoms with E-state index < -0.39 is 11.8 Å². The molecule has 0 amide bonds. The second-order valence-electron chi connectivity index (χ2n) is 3.07. The van der Waals surface area contributed by atoms with Gasteiger partial charge in [0.2, 0.25) is 0 Å². The van der Waals surface area contributed by atoms with Crippen molar-refractivity contribution in [2.24, 2.45) is 0 Å². The van der Waals surface area contributed by atoms with Crippen LogP contribution in [0.2, 0.25) is 0 Å². The summed E-state index contributed by atoms with van der Waals surface area (Å²) in [7, 11) is 1.28. The Morgan fingerprint density at radius 1 is 1.56 bits per heavy atom. The molecule has 86 valence electrons. The lowest BCUT2D eigenvalue weighted by atomic mass is 10.1. The Labute approximate surface area is 97.0 Å². The van der Waals surface area contributed by atoms with Crippen molar-refractivity contribution in [3.05, 3.63) is 29.1 Å². The molecule has 0 saturated heterocycles. The molecular weight excluding hydrogens is 231 g/mol. The number of thioether (sulfide) groups is 1. The summed E-state index contributed by atoms with van der Waals surface area (Å²) in [5, 5.41) is 0. The molecule has 0 saturated carbocycles. The van der Waals surface area contributed by atoms with Crippen LogP contribution < -0.4 is 0 Å². The Hall–Kier alpha value is -1.36. The van der Waals surface area contributed by atoms with Crippen LogP contribution in [0.15, 0.2) is 17.0 Å². The van der Waals surface area contributed by atoms with Crippen molar-refractivity contribution >= 4 is 24.0 Å². The van der Waals surface area contributed by atoms with Crippen LogP contribution in [-0.2, 0) is 9.53 Å². The summed E-state index contributed by atoms with van der Waals surface area (Å²) in [4.78, 5) is 22.2. The van der Waals surface area contributed by atoms with Crippen molar-refractivity contribution in [1.29, 1.82) is 0 Å². The molecule has 0 fully saturated rings. The Kier molecular flexibility index (Phi) is 4.49. The van der Waals surface area contributed by atoms with Gasteiger partial charge in [-0.3, -0.25) is 9.59 Å². The van der Waals surface area contributed by atoms with Crippen LogP contribution in [-0.4, -0.2) is 25.1 Å². The molecule has 1 aromatic rings. The Morgan fingerprint density at radius 2 is 2.25 bits per heavy atom. The molecule has 16 heavy (non-hydrogen) atoms. The Balaban J connectivity index is 2.96. The fraction of sp³-hybridized carbons (Fsp3) is 0.273. The van der Waals surface area contributed by atoms with E-state index in [0.717, 1.165) is 11.8 Å². The number of halogens is 1. The van der Waals surface area contributed by atoms with Gasteiger partial charge in [0.25, 0.3) is 0 Å². The number of ether oxygens (including phenoxy) is 1. The van der Waals surface area contributed by atoms with Gasteiger partial charge in [0.05, 0.1) is 12.9 Å². The fourth-order valence-corrected chi connectivity index (χ4v) is 2.14. The molecule has 0 N–H and O–H groups in total. The molecule has 0 atom stereocenters. The average molecular weight is 242 g/mol. The van der Waals surface area contributed by atoms with Crippen LogP contribution in [0.1, 0.15) is 15.9 Å². The van der Waals surface area contributed by atoms with E-state index in [-0.39, 0.29) is 5.75 Å². The quantitative estimate of drug-likeness (QED) is 0.461. The van der Waals surface area contributed by atoms with Gasteiger partial charge >= 0.3 is 5.97 Å². The lowest BCUT2D eigenvalue weighted by Gasteiger charge is -2.08. The minimum absolute atomic E-state index is 0.0572. The largest absolute Gasteiger partial charge is 0.468 e. The van der Waals surface area contributed by atoms with E-state index in [1.165, 1.54) is 19.2 Å².